The molecule has 1 nitrogen and oxygen atoms in total. The Hall–Kier alpha value is 1.21. The van der Waals surface area contributed by atoms with Crippen molar-refractivity contribution in [3.63, 3.8) is 0 Å². The van der Waals surface area contributed by atoms with Crippen molar-refractivity contribution in [2.75, 3.05) is 0 Å². The molecule has 4 atom stereocenters. The Kier molecular flexibility index (Phi) is 3.67. The van der Waals surface area contributed by atoms with Crippen LogP contribution in [-0.2, 0) is 4.18 Å². The zero-order valence-electron chi connectivity index (χ0n) is 7.56. The first-order chi connectivity index (χ1) is 6.77. The van der Waals surface area contributed by atoms with E-state index in [-0.39, 0.29) is 22.5 Å². The van der Waals surface area contributed by atoms with Crippen molar-refractivity contribution >= 4 is 54.0 Å². The molecule has 16 heavy (non-hydrogen) atoms. The average Bonchev–Trinajstić information content (AvgIpc) is 1.94. The van der Waals surface area contributed by atoms with Crippen molar-refractivity contribution in [2.45, 2.75) is 34.0 Å². The summed E-state index contributed by atoms with van der Waals surface area (Å²) in [5.41, 5.74) is 0. The second-order valence-electron chi connectivity index (χ2n) is 3.55. The van der Waals surface area contributed by atoms with E-state index in [1.165, 1.54) is 0 Å². The van der Waals surface area contributed by atoms with Gasteiger partial charge in [-0.2, -0.15) is 0 Å². The van der Waals surface area contributed by atoms with Gasteiger partial charge in [-0.1, -0.05) is 51.3 Å². The first-order valence-electron chi connectivity index (χ1n) is 4.13. The van der Waals surface area contributed by atoms with E-state index < -0.39 is 22.0 Å². The Balaban J connectivity index is 2.77. The second kappa shape index (κ2) is 3.85. The lowest BCUT2D eigenvalue weighted by Gasteiger charge is -2.45. The average molecular weight is 418 g/mol. The molecule has 100 valence electrons. The first-order valence-corrected chi connectivity index (χ1v) is 8.27. The van der Waals surface area contributed by atoms with Crippen molar-refractivity contribution in [1.82, 2.24) is 0 Å². The van der Waals surface area contributed by atoms with Crippen LogP contribution in [0.3, 0.4) is 0 Å². The minimum Gasteiger partial charge on any atom is -0.235 e. The van der Waals surface area contributed by atoms with Crippen molar-refractivity contribution < 1.29 is 23.6 Å². The van der Waals surface area contributed by atoms with Gasteiger partial charge in [0.05, 0.1) is 11.5 Å². The van der Waals surface area contributed by atoms with Crippen LogP contribution >= 0.6 is 54.0 Å². The molecule has 1 aliphatic carbocycles. The zero-order chi connectivity index (χ0) is 12.8. The van der Waals surface area contributed by atoms with Crippen LogP contribution in [0, 0.1) is 0 Å². The van der Waals surface area contributed by atoms with E-state index in [4.69, 9.17) is 11.6 Å². The van der Waals surface area contributed by atoms with Crippen molar-refractivity contribution in [2.24, 2.45) is 0 Å². The van der Waals surface area contributed by atoms with Crippen molar-refractivity contribution in [3.05, 3.63) is 0 Å². The maximum atomic E-state index is 12.1. The Morgan fingerprint density at radius 2 is 1.44 bits per heavy atom. The Labute approximate surface area is 111 Å². The molecule has 1 saturated carbocycles. The number of rotatable bonds is 2. The maximum Gasteiger partial charge on any atom is 0.397 e. The number of alkyl halides is 3. The summed E-state index contributed by atoms with van der Waals surface area (Å²) >= 11 is 11.8. The molecule has 0 aromatic carbocycles. The third-order valence-electron chi connectivity index (χ3n) is 2.01. The van der Waals surface area contributed by atoms with Gasteiger partial charge >= 0.3 is 10.5 Å². The summed E-state index contributed by atoms with van der Waals surface area (Å²) in [7, 11) is -9.86. The molecule has 0 radical (unpaired) electrons. The van der Waals surface area contributed by atoms with E-state index in [9.17, 15) is 19.4 Å². The SMILES string of the molecule is FS(F)(F)(F)(F)OC1CC(Br)C(Br)CC1Cl. The maximum absolute atomic E-state index is 12.1. The Bertz CT molecular complexity index is 284. The molecule has 0 spiro atoms. The van der Waals surface area contributed by atoms with Crippen LogP contribution in [0.15, 0.2) is 0 Å². The highest BCUT2D eigenvalue weighted by atomic mass is 79.9. The molecule has 0 heterocycles. The molecular weight excluding hydrogens is 410 g/mol. The molecule has 0 aromatic heterocycles. The van der Waals surface area contributed by atoms with Gasteiger partial charge in [0, 0.05) is 9.65 Å². The first kappa shape index (κ1) is 15.3. The number of hydrogen-bond donors (Lipinski definition) is 0. The summed E-state index contributed by atoms with van der Waals surface area (Å²) in [4.78, 5) is -0.541. The molecule has 1 aliphatic rings. The molecule has 10 heteroatoms. The largest absolute Gasteiger partial charge is 0.397 e. The van der Waals surface area contributed by atoms with Crippen LogP contribution in [0.25, 0.3) is 0 Å². The lowest BCUT2D eigenvalue weighted by molar-refractivity contribution is 0.0797. The molecule has 0 saturated heterocycles. The van der Waals surface area contributed by atoms with Gasteiger partial charge in [-0.25, -0.2) is 4.18 Å². The highest BCUT2D eigenvalue weighted by Crippen LogP contribution is 2.99. The Morgan fingerprint density at radius 1 is 1.00 bits per heavy atom. The fraction of sp³-hybridized carbons (Fsp3) is 1.00. The van der Waals surface area contributed by atoms with Crippen LogP contribution in [0.4, 0.5) is 19.4 Å². The van der Waals surface area contributed by atoms with Gasteiger partial charge in [0.2, 0.25) is 0 Å². The third kappa shape index (κ3) is 5.24. The summed E-state index contributed by atoms with van der Waals surface area (Å²) in [6, 6.07) is 0. The van der Waals surface area contributed by atoms with Gasteiger partial charge in [0.1, 0.15) is 0 Å². The van der Waals surface area contributed by atoms with Crippen LogP contribution in [-0.4, -0.2) is 21.1 Å². The van der Waals surface area contributed by atoms with E-state index >= 15 is 0 Å². The van der Waals surface area contributed by atoms with E-state index in [2.05, 4.69) is 36.0 Å². The molecule has 0 aromatic rings. The molecule has 0 N–H and O–H groups in total. The van der Waals surface area contributed by atoms with Crippen molar-refractivity contribution in [1.29, 1.82) is 0 Å². The highest BCUT2D eigenvalue weighted by Gasteiger charge is 2.67. The molecule has 4 unspecified atom stereocenters. The van der Waals surface area contributed by atoms with Gasteiger partial charge in [-0.15, -0.1) is 11.6 Å². The minimum atomic E-state index is -9.86. The Morgan fingerprint density at radius 3 is 1.88 bits per heavy atom. The standard InChI is InChI=1S/C6H8Br2ClF5OS/c7-3-1-5(9)6(2-4(3)8)15-16(10,11,12,13)14/h3-6H,1-2H2. The normalized spacial score (nSPS) is 41.2. The molecule has 0 amide bonds. The predicted octanol–water partition coefficient (Wildman–Crippen LogP) is 5.51. The van der Waals surface area contributed by atoms with Crippen LogP contribution in [0.2, 0.25) is 0 Å². The van der Waals surface area contributed by atoms with Crippen molar-refractivity contribution in [3.8, 4) is 0 Å². The van der Waals surface area contributed by atoms with Gasteiger partial charge in [0.15, 0.2) is 0 Å². The topological polar surface area (TPSA) is 9.23 Å². The lowest BCUT2D eigenvalue weighted by atomic mass is 9.97. The molecule has 0 bridgehead atoms. The predicted molar refractivity (Wildman–Crippen MR) is 62.3 cm³/mol. The van der Waals surface area contributed by atoms with E-state index in [1.807, 2.05) is 0 Å². The fourth-order valence-electron chi connectivity index (χ4n) is 1.36. The van der Waals surface area contributed by atoms with Gasteiger partial charge in [-0.05, 0) is 12.8 Å². The quantitative estimate of drug-likeness (QED) is 0.424. The smallest absolute Gasteiger partial charge is 0.235 e. The molecule has 0 aliphatic heterocycles. The van der Waals surface area contributed by atoms with Crippen LogP contribution in [0.5, 0.6) is 0 Å². The fourth-order valence-corrected chi connectivity index (χ4v) is 3.87. The highest BCUT2D eigenvalue weighted by molar-refractivity contribution is 9.12. The summed E-state index contributed by atoms with van der Waals surface area (Å²) < 4.78 is 63.5. The number of halogens is 8. The summed E-state index contributed by atoms with van der Waals surface area (Å²) in [6.07, 6.45) is -1.83. The summed E-state index contributed by atoms with van der Waals surface area (Å²) in [5.74, 6) is 0. The van der Waals surface area contributed by atoms with Gasteiger partial charge in [-0.3, -0.25) is 0 Å². The minimum absolute atomic E-state index is 0.121. The van der Waals surface area contributed by atoms with Crippen LogP contribution in [0.1, 0.15) is 12.8 Å². The van der Waals surface area contributed by atoms with Crippen LogP contribution < -0.4 is 0 Å². The van der Waals surface area contributed by atoms with E-state index in [0.29, 0.717) is 0 Å². The summed E-state index contributed by atoms with van der Waals surface area (Å²) in [6.45, 7) is 0. The number of hydrogen-bond acceptors (Lipinski definition) is 1. The lowest BCUT2D eigenvalue weighted by Crippen LogP contribution is -2.40. The third-order valence-corrected chi connectivity index (χ3v) is 5.81. The summed E-state index contributed by atoms with van der Waals surface area (Å²) in [5, 5.41) is -1.10. The van der Waals surface area contributed by atoms with Gasteiger partial charge < -0.3 is 0 Å². The van der Waals surface area contributed by atoms with E-state index in [0.717, 1.165) is 0 Å². The van der Waals surface area contributed by atoms with E-state index in [1.54, 1.807) is 0 Å². The second-order valence-corrected chi connectivity index (χ2v) is 8.45. The molecule has 1 rings (SSSR count). The van der Waals surface area contributed by atoms with Gasteiger partial charge in [0.25, 0.3) is 0 Å². The zero-order valence-corrected chi connectivity index (χ0v) is 12.3. The molecular formula is C6H8Br2ClF5OS. The monoisotopic (exact) mass is 416 g/mol. The molecule has 1 fully saturated rings.